The Morgan fingerprint density at radius 2 is 2.00 bits per heavy atom. The van der Waals surface area contributed by atoms with Crippen molar-refractivity contribution in [3.8, 4) is 0 Å². The van der Waals surface area contributed by atoms with Crippen molar-refractivity contribution in [2.24, 2.45) is 0 Å². The van der Waals surface area contributed by atoms with Gasteiger partial charge in [0.25, 0.3) is 0 Å². The van der Waals surface area contributed by atoms with Crippen molar-refractivity contribution >= 4 is 32.7 Å². The van der Waals surface area contributed by atoms with Gasteiger partial charge in [0, 0.05) is 10.9 Å². The largest absolute Gasteiger partial charge is 0.306 e. The first kappa shape index (κ1) is 11.3. The molecule has 1 heterocycles. The third-order valence-corrected chi connectivity index (χ3v) is 3.06. The van der Waals surface area contributed by atoms with E-state index in [0.29, 0.717) is 5.52 Å². The molecule has 6 heteroatoms. The minimum absolute atomic E-state index is 0.0138. The number of nitrogens with zero attached hydrogens (tertiary/aromatic N) is 1. The first-order chi connectivity index (χ1) is 7.46. The van der Waals surface area contributed by atoms with Crippen LogP contribution in [0.5, 0.6) is 0 Å². The lowest BCUT2D eigenvalue weighted by atomic mass is 10.2. The normalized spacial score (nSPS) is 11.9. The molecule has 3 nitrogen and oxygen atoms in total. The van der Waals surface area contributed by atoms with Crippen molar-refractivity contribution in [3.63, 3.8) is 0 Å². The summed E-state index contributed by atoms with van der Waals surface area (Å²) in [5, 5.41) is 0.741. The average Bonchev–Trinajstić information content (AvgIpc) is 2.17. The van der Waals surface area contributed by atoms with E-state index < -0.39 is 16.0 Å². The van der Waals surface area contributed by atoms with E-state index in [1.165, 1.54) is 6.07 Å². The number of halogens is 2. The monoisotopic (exact) mass is 259 g/mol. The van der Waals surface area contributed by atoms with Gasteiger partial charge in [-0.25, -0.2) is 4.98 Å². The summed E-state index contributed by atoms with van der Waals surface area (Å²) in [6, 6.07) is 8.60. The summed E-state index contributed by atoms with van der Waals surface area (Å²) >= 11 is 5.77. The minimum atomic E-state index is -4.59. The number of pyridine rings is 1. The van der Waals surface area contributed by atoms with Gasteiger partial charge in [0.2, 0.25) is 0 Å². The highest BCUT2D eigenvalue weighted by Gasteiger charge is 2.13. The zero-order valence-corrected chi connectivity index (χ0v) is 9.59. The predicted octanol–water partition coefficient (Wildman–Crippen LogP) is 2.69. The van der Waals surface area contributed by atoms with E-state index in [2.05, 4.69) is 4.98 Å². The molecule has 0 saturated heterocycles. The highest BCUT2D eigenvalue weighted by molar-refractivity contribution is 7.85. The molecule has 1 aromatic carbocycles. The average molecular weight is 260 g/mol. The maximum atomic E-state index is 12.5. The summed E-state index contributed by atoms with van der Waals surface area (Å²) < 4.78 is 33.6. The van der Waals surface area contributed by atoms with Crippen LogP contribution in [0.1, 0.15) is 5.56 Å². The predicted molar refractivity (Wildman–Crippen MR) is 60.5 cm³/mol. The van der Waals surface area contributed by atoms with E-state index >= 15 is 0 Å². The van der Waals surface area contributed by atoms with Gasteiger partial charge in [0.1, 0.15) is 10.9 Å². The van der Waals surface area contributed by atoms with Gasteiger partial charge in [-0.15, -0.1) is 3.89 Å². The SMILES string of the molecule is O=S(=O)(F)Cc1cc2ccccc2nc1Cl. The zero-order chi connectivity index (χ0) is 11.8. The van der Waals surface area contributed by atoms with Crippen LogP contribution >= 0.6 is 11.6 Å². The molecule has 1 aromatic heterocycles. The molecule has 2 aromatic rings. The second-order valence-electron chi connectivity index (χ2n) is 3.31. The lowest BCUT2D eigenvalue weighted by Crippen LogP contribution is -1.98. The van der Waals surface area contributed by atoms with E-state index in [0.717, 1.165) is 5.39 Å². The van der Waals surface area contributed by atoms with Gasteiger partial charge in [0.05, 0.1) is 5.52 Å². The second-order valence-corrected chi connectivity index (χ2v) is 5.04. The van der Waals surface area contributed by atoms with Gasteiger partial charge < -0.3 is 0 Å². The Morgan fingerprint density at radius 1 is 1.31 bits per heavy atom. The molecular formula is C10H7ClFNO2S. The Balaban J connectivity index is 2.58. The zero-order valence-electron chi connectivity index (χ0n) is 8.02. The lowest BCUT2D eigenvalue weighted by Gasteiger charge is -2.03. The highest BCUT2D eigenvalue weighted by atomic mass is 35.5. The Bertz CT molecular complexity index is 642. The smallest absolute Gasteiger partial charge is 0.236 e. The second kappa shape index (κ2) is 3.99. The van der Waals surface area contributed by atoms with Crippen LogP contribution in [-0.4, -0.2) is 13.4 Å². The summed E-state index contributed by atoms with van der Waals surface area (Å²) in [6.45, 7) is 0. The van der Waals surface area contributed by atoms with Crippen LogP contribution in [0.25, 0.3) is 10.9 Å². The van der Waals surface area contributed by atoms with E-state index in [-0.39, 0.29) is 10.7 Å². The van der Waals surface area contributed by atoms with Crippen LogP contribution in [0.3, 0.4) is 0 Å². The molecule has 0 amide bonds. The molecule has 0 aliphatic heterocycles. The molecular weight excluding hydrogens is 253 g/mol. The van der Waals surface area contributed by atoms with Crippen LogP contribution in [0.4, 0.5) is 3.89 Å². The van der Waals surface area contributed by atoms with Crippen LogP contribution < -0.4 is 0 Å². The van der Waals surface area contributed by atoms with E-state index in [9.17, 15) is 12.3 Å². The third-order valence-electron chi connectivity index (χ3n) is 2.08. The molecule has 0 fully saturated rings. The highest BCUT2D eigenvalue weighted by Crippen LogP contribution is 2.22. The van der Waals surface area contributed by atoms with Crippen LogP contribution in [-0.2, 0) is 16.0 Å². The molecule has 0 aliphatic carbocycles. The maximum Gasteiger partial charge on any atom is 0.306 e. The van der Waals surface area contributed by atoms with Crippen LogP contribution in [0, 0.1) is 0 Å². The van der Waals surface area contributed by atoms with E-state index in [4.69, 9.17) is 11.6 Å². The standard InChI is InChI=1S/C10H7ClFNO2S/c11-10-8(6-16(12,14)15)5-7-3-1-2-4-9(7)13-10/h1-5H,6H2. The Morgan fingerprint density at radius 3 is 2.69 bits per heavy atom. The van der Waals surface area contributed by atoms with Crippen molar-refractivity contribution < 1.29 is 12.3 Å². The number of para-hydroxylation sites is 1. The quantitative estimate of drug-likeness (QED) is 0.615. The van der Waals surface area contributed by atoms with Gasteiger partial charge in [-0.1, -0.05) is 29.8 Å². The fraction of sp³-hybridized carbons (Fsp3) is 0.100. The molecule has 2 rings (SSSR count). The first-order valence-corrected chi connectivity index (χ1v) is 6.35. The summed E-state index contributed by atoms with van der Waals surface area (Å²) in [4.78, 5) is 3.99. The summed E-state index contributed by atoms with van der Waals surface area (Å²) in [5.41, 5.74) is 0.815. The number of hydrogen-bond acceptors (Lipinski definition) is 3. The summed E-state index contributed by atoms with van der Waals surface area (Å²) in [5.74, 6) is -0.746. The van der Waals surface area contributed by atoms with Crippen LogP contribution in [0.2, 0.25) is 5.15 Å². The molecule has 0 radical (unpaired) electrons. The topological polar surface area (TPSA) is 47.0 Å². The molecule has 0 spiro atoms. The number of fused-ring (bicyclic) bond motifs is 1. The van der Waals surface area contributed by atoms with Crippen molar-refractivity contribution in [1.29, 1.82) is 0 Å². The Kier molecular flexibility index (Phi) is 2.82. The van der Waals surface area contributed by atoms with Gasteiger partial charge >= 0.3 is 10.2 Å². The van der Waals surface area contributed by atoms with Crippen molar-refractivity contribution in [2.75, 3.05) is 0 Å². The van der Waals surface area contributed by atoms with E-state index in [1.54, 1.807) is 24.3 Å². The van der Waals surface area contributed by atoms with Crippen molar-refractivity contribution in [2.45, 2.75) is 5.75 Å². The fourth-order valence-corrected chi connectivity index (χ4v) is 2.31. The molecule has 0 saturated carbocycles. The Hall–Kier alpha value is -1.20. The maximum absolute atomic E-state index is 12.5. The number of aromatic nitrogens is 1. The van der Waals surface area contributed by atoms with Crippen molar-refractivity contribution in [3.05, 3.63) is 41.0 Å². The summed E-state index contributed by atoms with van der Waals surface area (Å²) in [7, 11) is -4.59. The Labute approximate surface area is 97.1 Å². The molecule has 0 bridgehead atoms. The number of benzene rings is 1. The molecule has 16 heavy (non-hydrogen) atoms. The van der Waals surface area contributed by atoms with Gasteiger partial charge in [0.15, 0.2) is 0 Å². The third kappa shape index (κ3) is 2.48. The van der Waals surface area contributed by atoms with Gasteiger partial charge in [-0.3, -0.25) is 0 Å². The van der Waals surface area contributed by atoms with Crippen molar-refractivity contribution in [1.82, 2.24) is 4.98 Å². The van der Waals surface area contributed by atoms with Crippen LogP contribution in [0.15, 0.2) is 30.3 Å². The molecule has 0 aliphatic rings. The summed E-state index contributed by atoms with van der Waals surface area (Å²) in [6.07, 6.45) is 0. The molecule has 0 atom stereocenters. The first-order valence-electron chi connectivity index (χ1n) is 4.42. The molecule has 84 valence electrons. The van der Waals surface area contributed by atoms with E-state index in [1.807, 2.05) is 0 Å². The minimum Gasteiger partial charge on any atom is -0.236 e. The van der Waals surface area contributed by atoms with Gasteiger partial charge in [-0.05, 0) is 12.1 Å². The fourth-order valence-electron chi connectivity index (χ4n) is 1.42. The lowest BCUT2D eigenvalue weighted by molar-refractivity contribution is 0.551. The molecule has 0 unspecified atom stereocenters. The van der Waals surface area contributed by atoms with Gasteiger partial charge in [-0.2, -0.15) is 8.42 Å². The number of rotatable bonds is 2. The number of hydrogen-bond donors (Lipinski definition) is 0. The molecule has 0 N–H and O–H groups in total.